The van der Waals surface area contributed by atoms with Crippen LogP contribution in [0.4, 0.5) is 5.69 Å². The maximum absolute atomic E-state index is 12.0. The van der Waals surface area contributed by atoms with Crippen molar-refractivity contribution in [2.45, 2.75) is 15.6 Å². The Bertz CT molecular complexity index is 723. The second-order valence-electron chi connectivity index (χ2n) is 4.41. The van der Waals surface area contributed by atoms with E-state index in [0.717, 1.165) is 15.7 Å². The second-order valence-corrected chi connectivity index (χ2v) is 8.69. The van der Waals surface area contributed by atoms with Gasteiger partial charge in [-0.3, -0.25) is 9.59 Å². The fourth-order valence-corrected chi connectivity index (χ4v) is 4.63. The summed E-state index contributed by atoms with van der Waals surface area (Å²) in [6, 6.07) is 5.72. The van der Waals surface area contributed by atoms with Gasteiger partial charge < -0.3 is 11.1 Å². The predicted molar refractivity (Wildman–Crippen MR) is 98.1 cm³/mol. The van der Waals surface area contributed by atoms with E-state index in [0.29, 0.717) is 8.68 Å². The molecule has 6 nitrogen and oxygen atoms in total. The molecule has 2 amide bonds. The first kappa shape index (κ1) is 18.2. The highest BCUT2D eigenvalue weighted by Gasteiger charge is 2.10. The highest BCUT2D eigenvalue weighted by atomic mass is 79.9. The van der Waals surface area contributed by atoms with Crippen LogP contribution in [0.2, 0.25) is 0 Å². The molecule has 0 saturated carbocycles. The molecule has 122 valence electrons. The molecule has 10 heteroatoms. The van der Waals surface area contributed by atoms with E-state index in [9.17, 15) is 9.59 Å². The number of aromatic nitrogens is 2. The number of amides is 2. The van der Waals surface area contributed by atoms with E-state index in [1.807, 2.05) is 25.1 Å². The van der Waals surface area contributed by atoms with Crippen LogP contribution >= 0.6 is 50.8 Å². The first-order valence-electron chi connectivity index (χ1n) is 6.37. The summed E-state index contributed by atoms with van der Waals surface area (Å²) in [7, 11) is 0. The third kappa shape index (κ3) is 6.13. The lowest BCUT2D eigenvalue weighted by molar-refractivity contribution is -0.115. The fourth-order valence-electron chi connectivity index (χ4n) is 1.48. The van der Waals surface area contributed by atoms with Gasteiger partial charge in [0.05, 0.1) is 17.2 Å². The average molecular weight is 433 g/mol. The zero-order valence-electron chi connectivity index (χ0n) is 12.0. The third-order valence-electron chi connectivity index (χ3n) is 2.45. The van der Waals surface area contributed by atoms with Crippen molar-refractivity contribution in [2.24, 2.45) is 5.73 Å². The zero-order chi connectivity index (χ0) is 16.8. The van der Waals surface area contributed by atoms with Crippen molar-refractivity contribution in [3.63, 3.8) is 0 Å². The van der Waals surface area contributed by atoms with Gasteiger partial charge in [0.25, 0.3) is 0 Å². The molecule has 0 fully saturated rings. The number of nitrogens with one attached hydrogen (secondary N) is 1. The smallest absolute Gasteiger partial charge is 0.234 e. The summed E-state index contributed by atoms with van der Waals surface area (Å²) in [4.78, 5) is 22.7. The van der Waals surface area contributed by atoms with Crippen LogP contribution in [0.3, 0.4) is 0 Å². The summed E-state index contributed by atoms with van der Waals surface area (Å²) in [5, 5.41) is 10.7. The molecule has 1 heterocycles. The summed E-state index contributed by atoms with van der Waals surface area (Å²) < 4.78 is 2.18. The Kier molecular flexibility index (Phi) is 6.88. The summed E-state index contributed by atoms with van der Waals surface area (Å²) in [6.07, 6.45) is 0. The molecule has 0 aliphatic carbocycles. The molecular formula is C13H13BrN4O2S3. The van der Waals surface area contributed by atoms with Gasteiger partial charge in [-0.25, -0.2) is 0 Å². The van der Waals surface area contributed by atoms with E-state index in [1.165, 1.54) is 34.9 Å². The number of anilines is 1. The van der Waals surface area contributed by atoms with E-state index in [2.05, 4.69) is 31.4 Å². The highest BCUT2D eigenvalue weighted by Crippen LogP contribution is 2.29. The Morgan fingerprint density at radius 3 is 2.52 bits per heavy atom. The van der Waals surface area contributed by atoms with Gasteiger partial charge in [-0.1, -0.05) is 40.9 Å². The summed E-state index contributed by atoms with van der Waals surface area (Å²) in [5.41, 5.74) is 6.92. The number of primary amides is 1. The second kappa shape index (κ2) is 8.67. The van der Waals surface area contributed by atoms with Gasteiger partial charge >= 0.3 is 0 Å². The van der Waals surface area contributed by atoms with Gasteiger partial charge in [0.2, 0.25) is 11.8 Å². The largest absolute Gasteiger partial charge is 0.369 e. The van der Waals surface area contributed by atoms with E-state index in [-0.39, 0.29) is 17.4 Å². The fraction of sp³-hybridized carbons (Fsp3) is 0.231. The first-order valence-corrected chi connectivity index (χ1v) is 9.95. The van der Waals surface area contributed by atoms with Crippen molar-refractivity contribution in [1.82, 2.24) is 10.2 Å². The quantitative estimate of drug-likeness (QED) is 0.652. The number of hydrogen-bond acceptors (Lipinski definition) is 7. The Morgan fingerprint density at radius 2 is 1.91 bits per heavy atom. The standard InChI is InChI=1S/C13H13BrN4O2S3/c1-7-2-3-9(8(14)4-7)16-11(20)6-22-13-18-17-12(23-13)21-5-10(15)19/h2-4H,5-6H2,1H3,(H2,15,19)(H,16,20). The number of thioether (sulfide) groups is 2. The molecule has 1 aromatic heterocycles. The van der Waals surface area contributed by atoms with E-state index < -0.39 is 5.91 Å². The van der Waals surface area contributed by atoms with E-state index >= 15 is 0 Å². The Labute approximate surface area is 154 Å². The van der Waals surface area contributed by atoms with Gasteiger partial charge in [0.1, 0.15) is 0 Å². The van der Waals surface area contributed by atoms with Crippen LogP contribution in [0.5, 0.6) is 0 Å². The Morgan fingerprint density at radius 1 is 1.26 bits per heavy atom. The number of halogens is 1. The minimum Gasteiger partial charge on any atom is -0.369 e. The Balaban J connectivity index is 1.83. The van der Waals surface area contributed by atoms with Crippen LogP contribution < -0.4 is 11.1 Å². The van der Waals surface area contributed by atoms with E-state index in [1.54, 1.807) is 0 Å². The Hall–Kier alpha value is -1.10. The number of carbonyl (C=O) groups excluding carboxylic acids is 2. The summed E-state index contributed by atoms with van der Waals surface area (Å²) in [5.74, 6) is -0.125. The van der Waals surface area contributed by atoms with Crippen LogP contribution in [0.15, 0.2) is 31.4 Å². The van der Waals surface area contributed by atoms with Crippen molar-refractivity contribution in [3.05, 3.63) is 28.2 Å². The summed E-state index contributed by atoms with van der Waals surface area (Å²) in [6.45, 7) is 1.98. The maximum atomic E-state index is 12.0. The molecule has 0 aliphatic heterocycles. The minimum absolute atomic E-state index is 0.124. The molecule has 1 aromatic carbocycles. The molecule has 0 unspecified atom stereocenters. The monoisotopic (exact) mass is 432 g/mol. The van der Waals surface area contributed by atoms with Crippen LogP contribution in [0, 0.1) is 6.92 Å². The van der Waals surface area contributed by atoms with Gasteiger partial charge in [-0.05, 0) is 40.5 Å². The molecule has 0 saturated heterocycles. The van der Waals surface area contributed by atoms with Crippen molar-refractivity contribution in [3.8, 4) is 0 Å². The van der Waals surface area contributed by atoms with Crippen molar-refractivity contribution in [1.29, 1.82) is 0 Å². The van der Waals surface area contributed by atoms with Crippen LogP contribution in [-0.4, -0.2) is 33.5 Å². The molecule has 2 rings (SSSR count). The molecule has 23 heavy (non-hydrogen) atoms. The lowest BCUT2D eigenvalue weighted by atomic mass is 10.2. The molecule has 0 atom stereocenters. The third-order valence-corrected chi connectivity index (χ3v) is 6.32. The zero-order valence-corrected chi connectivity index (χ0v) is 16.1. The van der Waals surface area contributed by atoms with Gasteiger partial charge in [-0.15, -0.1) is 10.2 Å². The topological polar surface area (TPSA) is 98.0 Å². The molecular weight excluding hydrogens is 420 g/mol. The number of nitrogens with two attached hydrogens (primary N) is 1. The maximum Gasteiger partial charge on any atom is 0.234 e. The summed E-state index contributed by atoms with van der Waals surface area (Å²) >= 11 is 7.30. The molecule has 0 radical (unpaired) electrons. The number of rotatable bonds is 7. The first-order chi connectivity index (χ1) is 10.9. The molecule has 0 spiro atoms. The van der Waals surface area contributed by atoms with Crippen molar-refractivity contribution < 1.29 is 9.59 Å². The normalized spacial score (nSPS) is 10.5. The molecule has 3 N–H and O–H groups in total. The SMILES string of the molecule is Cc1ccc(NC(=O)CSc2nnc(SCC(N)=O)s2)c(Br)c1. The number of aryl methyl sites for hydroxylation is 1. The van der Waals surface area contributed by atoms with Crippen molar-refractivity contribution >= 4 is 68.3 Å². The minimum atomic E-state index is -0.401. The number of nitrogens with zero attached hydrogens (tertiary/aromatic N) is 2. The van der Waals surface area contributed by atoms with Crippen LogP contribution in [-0.2, 0) is 9.59 Å². The van der Waals surface area contributed by atoms with Gasteiger partial charge in [0, 0.05) is 4.47 Å². The van der Waals surface area contributed by atoms with Crippen LogP contribution in [0.1, 0.15) is 5.56 Å². The lowest BCUT2D eigenvalue weighted by Crippen LogP contribution is -2.14. The molecule has 2 aromatic rings. The lowest BCUT2D eigenvalue weighted by Gasteiger charge is -2.07. The average Bonchev–Trinajstić information content (AvgIpc) is 2.94. The van der Waals surface area contributed by atoms with Gasteiger partial charge in [0.15, 0.2) is 8.68 Å². The number of hydrogen-bond donors (Lipinski definition) is 2. The van der Waals surface area contributed by atoms with Crippen LogP contribution in [0.25, 0.3) is 0 Å². The van der Waals surface area contributed by atoms with E-state index in [4.69, 9.17) is 5.73 Å². The van der Waals surface area contributed by atoms with Crippen molar-refractivity contribution in [2.75, 3.05) is 16.8 Å². The molecule has 0 bridgehead atoms. The number of carbonyl (C=O) groups is 2. The molecule has 0 aliphatic rings. The van der Waals surface area contributed by atoms with Gasteiger partial charge in [-0.2, -0.15) is 0 Å². The predicted octanol–water partition coefficient (Wildman–Crippen LogP) is 2.92. The highest BCUT2D eigenvalue weighted by molar-refractivity contribution is 9.10. The number of benzene rings is 1.